The van der Waals surface area contributed by atoms with Crippen molar-refractivity contribution in [3.63, 3.8) is 0 Å². The van der Waals surface area contributed by atoms with Crippen molar-refractivity contribution in [1.82, 2.24) is 14.3 Å². The van der Waals surface area contributed by atoms with Gasteiger partial charge in [-0.1, -0.05) is 24.3 Å². The lowest BCUT2D eigenvalue weighted by atomic mass is 9.88. The number of aromatic nitrogens is 2. The van der Waals surface area contributed by atoms with Crippen LogP contribution in [-0.4, -0.2) is 49.4 Å². The monoisotopic (exact) mass is 507 g/mol. The van der Waals surface area contributed by atoms with Crippen LogP contribution in [-0.2, 0) is 23.5 Å². The molecular weight excluding hydrogens is 475 g/mol. The SMILES string of the molecule is CS(=O)N1CCC(C2(Nc3ncnc(N(Cc4ccc(C(C)(F)F)cc4)C4CC4)c3F)CC2)CC1. The van der Waals surface area contributed by atoms with Crippen LogP contribution in [0.25, 0.3) is 0 Å². The molecule has 0 radical (unpaired) electrons. The third-order valence-electron chi connectivity index (χ3n) is 7.60. The summed E-state index contributed by atoms with van der Waals surface area (Å²) in [5, 5.41) is 3.42. The third-order valence-corrected chi connectivity index (χ3v) is 8.69. The van der Waals surface area contributed by atoms with Crippen LogP contribution in [0.3, 0.4) is 0 Å². The smallest absolute Gasteiger partial charge is 0.270 e. The van der Waals surface area contributed by atoms with E-state index in [-0.39, 0.29) is 28.8 Å². The maximum atomic E-state index is 15.8. The number of hydrogen-bond acceptors (Lipinski definition) is 5. The van der Waals surface area contributed by atoms with Crippen molar-refractivity contribution in [3.05, 3.63) is 47.5 Å². The number of rotatable bonds is 9. The number of nitrogens with zero attached hydrogens (tertiary/aromatic N) is 4. The molecule has 2 aliphatic carbocycles. The zero-order valence-electron chi connectivity index (χ0n) is 20.1. The summed E-state index contributed by atoms with van der Waals surface area (Å²) in [4.78, 5) is 10.5. The molecule has 1 unspecified atom stereocenters. The number of piperidine rings is 1. The summed E-state index contributed by atoms with van der Waals surface area (Å²) in [5.41, 5.74) is 0.625. The summed E-state index contributed by atoms with van der Waals surface area (Å²) >= 11 is 0. The van der Waals surface area contributed by atoms with Gasteiger partial charge in [0, 0.05) is 50.0 Å². The molecule has 1 N–H and O–H groups in total. The van der Waals surface area contributed by atoms with Gasteiger partial charge in [0.2, 0.25) is 5.82 Å². The Morgan fingerprint density at radius 2 is 1.80 bits per heavy atom. The first-order valence-corrected chi connectivity index (χ1v) is 13.8. The lowest BCUT2D eigenvalue weighted by molar-refractivity contribution is 0.0174. The van der Waals surface area contributed by atoms with Crippen LogP contribution < -0.4 is 10.2 Å². The zero-order chi connectivity index (χ0) is 24.8. The van der Waals surface area contributed by atoms with Crippen molar-refractivity contribution < 1.29 is 17.4 Å². The molecule has 1 aromatic heterocycles. The van der Waals surface area contributed by atoms with Crippen LogP contribution >= 0.6 is 0 Å². The lowest BCUT2D eigenvalue weighted by Gasteiger charge is -2.36. The summed E-state index contributed by atoms with van der Waals surface area (Å²) in [7, 11) is -0.955. The second-order valence-corrected chi connectivity index (χ2v) is 11.6. The normalized spacial score (nSPS) is 21.5. The van der Waals surface area contributed by atoms with Crippen molar-refractivity contribution in [2.75, 3.05) is 29.6 Å². The first kappa shape index (κ1) is 24.5. The molecule has 3 aliphatic rings. The van der Waals surface area contributed by atoms with E-state index in [9.17, 15) is 13.0 Å². The second-order valence-electron chi connectivity index (χ2n) is 10.2. The molecule has 190 valence electrons. The maximum absolute atomic E-state index is 15.8. The fourth-order valence-corrected chi connectivity index (χ4v) is 5.91. The average Bonchev–Trinajstić information content (AvgIpc) is 3.75. The van der Waals surface area contributed by atoms with Crippen LogP contribution in [0.5, 0.6) is 0 Å². The minimum Gasteiger partial charge on any atom is -0.362 e. The molecule has 1 aliphatic heterocycles. The highest BCUT2D eigenvalue weighted by Gasteiger charge is 2.51. The Morgan fingerprint density at radius 3 is 2.34 bits per heavy atom. The molecular formula is C25H32F3N5OS. The van der Waals surface area contributed by atoms with Gasteiger partial charge in [-0.05, 0) is 50.0 Å². The second kappa shape index (κ2) is 9.35. The minimum atomic E-state index is -2.89. The van der Waals surface area contributed by atoms with Crippen molar-refractivity contribution in [2.45, 2.75) is 69.5 Å². The fraction of sp³-hybridized carbons (Fsp3) is 0.600. The summed E-state index contributed by atoms with van der Waals surface area (Å²) in [5.74, 6) is -2.50. The van der Waals surface area contributed by atoms with Crippen molar-refractivity contribution in [2.24, 2.45) is 5.92 Å². The molecule has 2 heterocycles. The van der Waals surface area contributed by atoms with Crippen LogP contribution in [0.1, 0.15) is 56.6 Å². The van der Waals surface area contributed by atoms with Crippen LogP contribution in [0.15, 0.2) is 30.6 Å². The summed E-state index contributed by atoms with van der Waals surface area (Å²) in [6, 6.07) is 6.39. The number of alkyl halides is 2. The summed E-state index contributed by atoms with van der Waals surface area (Å²) in [6.07, 6.45) is 8.77. The average molecular weight is 508 g/mol. The topological polar surface area (TPSA) is 61.4 Å². The zero-order valence-corrected chi connectivity index (χ0v) is 21.0. The summed E-state index contributed by atoms with van der Waals surface area (Å²) in [6.45, 7) is 2.84. The highest BCUT2D eigenvalue weighted by Crippen LogP contribution is 2.49. The number of hydrogen-bond donors (Lipinski definition) is 1. The predicted octanol–water partition coefficient (Wildman–Crippen LogP) is 4.85. The molecule has 0 spiro atoms. The molecule has 0 bridgehead atoms. The van der Waals surface area contributed by atoms with Gasteiger partial charge in [-0.25, -0.2) is 27.3 Å². The molecule has 2 saturated carbocycles. The van der Waals surface area contributed by atoms with Gasteiger partial charge in [0.1, 0.15) is 6.33 Å². The van der Waals surface area contributed by atoms with Crippen LogP contribution in [0.4, 0.5) is 24.8 Å². The largest absolute Gasteiger partial charge is 0.362 e. The van der Waals surface area contributed by atoms with Gasteiger partial charge in [-0.15, -0.1) is 0 Å². The van der Waals surface area contributed by atoms with Crippen LogP contribution in [0, 0.1) is 11.7 Å². The van der Waals surface area contributed by atoms with Gasteiger partial charge in [0.15, 0.2) is 11.6 Å². The predicted molar refractivity (Wildman–Crippen MR) is 131 cm³/mol. The highest BCUT2D eigenvalue weighted by molar-refractivity contribution is 7.81. The van der Waals surface area contributed by atoms with Crippen molar-refractivity contribution in [3.8, 4) is 0 Å². The van der Waals surface area contributed by atoms with Crippen LogP contribution in [0.2, 0.25) is 0 Å². The Labute approximate surface area is 206 Å². The number of halogens is 3. The van der Waals surface area contributed by atoms with Crippen molar-refractivity contribution in [1.29, 1.82) is 0 Å². The summed E-state index contributed by atoms with van der Waals surface area (Å²) < 4.78 is 56.7. The van der Waals surface area contributed by atoms with Gasteiger partial charge in [0.25, 0.3) is 5.92 Å². The van der Waals surface area contributed by atoms with Gasteiger partial charge in [-0.2, -0.15) is 4.39 Å². The van der Waals surface area contributed by atoms with Crippen molar-refractivity contribution >= 4 is 22.6 Å². The van der Waals surface area contributed by atoms with Gasteiger partial charge >= 0.3 is 0 Å². The van der Waals surface area contributed by atoms with Gasteiger partial charge in [0.05, 0.1) is 11.0 Å². The fourth-order valence-electron chi connectivity index (χ4n) is 5.18. The Bertz CT molecular complexity index is 1080. The first-order valence-electron chi connectivity index (χ1n) is 12.3. The molecule has 1 aromatic carbocycles. The molecule has 10 heteroatoms. The quantitative estimate of drug-likeness (QED) is 0.526. The Hall–Kier alpha value is -2.20. The van der Waals surface area contributed by atoms with Gasteiger partial charge < -0.3 is 10.2 Å². The Morgan fingerprint density at radius 1 is 1.14 bits per heavy atom. The molecule has 5 rings (SSSR count). The number of benzene rings is 1. The molecule has 6 nitrogen and oxygen atoms in total. The molecule has 2 aromatic rings. The Kier molecular flexibility index (Phi) is 6.54. The maximum Gasteiger partial charge on any atom is 0.270 e. The van der Waals surface area contributed by atoms with E-state index < -0.39 is 22.7 Å². The third kappa shape index (κ3) is 5.33. The molecule has 3 fully saturated rings. The number of nitrogens with one attached hydrogen (secondary N) is 1. The highest BCUT2D eigenvalue weighted by atomic mass is 32.2. The minimum absolute atomic E-state index is 0.0373. The van der Waals surface area contributed by atoms with E-state index in [0.717, 1.165) is 64.1 Å². The van der Waals surface area contributed by atoms with E-state index in [4.69, 9.17) is 0 Å². The van der Waals surface area contributed by atoms with E-state index in [1.165, 1.54) is 18.5 Å². The van der Waals surface area contributed by atoms with E-state index in [0.29, 0.717) is 12.5 Å². The molecule has 35 heavy (non-hydrogen) atoms. The molecule has 1 atom stereocenters. The number of anilines is 2. The Balaban J connectivity index is 1.32. The van der Waals surface area contributed by atoms with E-state index >= 15 is 4.39 Å². The van der Waals surface area contributed by atoms with E-state index in [1.807, 2.05) is 9.21 Å². The molecule has 0 amide bonds. The van der Waals surface area contributed by atoms with Gasteiger partial charge in [-0.3, -0.25) is 0 Å². The standard InChI is InChI=1S/C25H32F3N5OS/c1-24(27,28)18-5-3-17(4-6-18)15-33(20-7-8-20)23-21(26)22(29-16-30-23)31-25(11-12-25)19-9-13-32(14-10-19)35(2)34/h3-6,16,19-20H,7-15H2,1-2H3,(H,29,30,31). The first-order chi connectivity index (χ1) is 16.7. The van der Waals surface area contributed by atoms with E-state index in [2.05, 4.69) is 15.3 Å². The lowest BCUT2D eigenvalue weighted by Crippen LogP contribution is -2.42. The molecule has 1 saturated heterocycles. The van der Waals surface area contributed by atoms with E-state index in [1.54, 1.807) is 18.4 Å².